The Kier molecular flexibility index (Phi) is 4.09. The van der Waals surface area contributed by atoms with Gasteiger partial charge in [0.15, 0.2) is 5.16 Å². The number of hydrogen-bond donors (Lipinski definition) is 2. The third-order valence-corrected chi connectivity index (χ3v) is 5.48. The quantitative estimate of drug-likeness (QED) is 0.567. The molecule has 0 fully saturated rings. The maximum atomic E-state index is 12.3. The summed E-state index contributed by atoms with van der Waals surface area (Å²) in [5.74, 6) is 0.127. The zero-order valence-corrected chi connectivity index (χ0v) is 13.5. The van der Waals surface area contributed by atoms with Crippen LogP contribution in [-0.4, -0.2) is 28.7 Å². The average molecular weight is 337 g/mol. The lowest BCUT2D eigenvalue weighted by Gasteiger charge is -2.01. The maximum Gasteiger partial charge on any atom is 0.260 e. The molecular weight excluding hydrogens is 326 g/mol. The number of aromatic amines is 1. The van der Waals surface area contributed by atoms with E-state index < -0.39 is 0 Å². The molecule has 1 amide bonds. The highest BCUT2D eigenvalue weighted by Gasteiger charge is 2.14. The second-order valence-electron chi connectivity index (χ2n) is 4.14. The SMILES string of the molecule is CNC(=O)CSc1nc2scc(-c3cccs3)c2c(=O)[nH]1. The molecule has 0 saturated carbocycles. The minimum atomic E-state index is -0.163. The fourth-order valence-electron chi connectivity index (χ4n) is 1.82. The molecule has 0 spiro atoms. The van der Waals surface area contributed by atoms with Gasteiger partial charge in [-0.3, -0.25) is 9.59 Å². The first-order valence-electron chi connectivity index (χ1n) is 6.08. The van der Waals surface area contributed by atoms with Crippen LogP contribution < -0.4 is 10.9 Å². The molecular formula is C13H11N3O2S3. The molecule has 8 heteroatoms. The molecule has 0 unspecified atom stereocenters. The van der Waals surface area contributed by atoms with Crippen LogP contribution in [0.5, 0.6) is 0 Å². The molecule has 2 N–H and O–H groups in total. The Labute approximate surface area is 132 Å². The first-order chi connectivity index (χ1) is 10.2. The predicted octanol–water partition coefficient (Wildman–Crippen LogP) is 2.55. The topological polar surface area (TPSA) is 74.8 Å². The van der Waals surface area contributed by atoms with Crippen LogP contribution in [0, 0.1) is 0 Å². The molecule has 0 radical (unpaired) electrons. The summed E-state index contributed by atoms with van der Waals surface area (Å²) in [5, 5.41) is 7.55. The van der Waals surface area contributed by atoms with Crippen molar-refractivity contribution in [3.8, 4) is 10.4 Å². The van der Waals surface area contributed by atoms with E-state index in [-0.39, 0.29) is 17.2 Å². The largest absolute Gasteiger partial charge is 0.358 e. The highest BCUT2D eigenvalue weighted by atomic mass is 32.2. The number of amides is 1. The number of thioether (sulfide) groups is 1. The standard InChI is InChI=1S/C13H11N3O2S3/c1-14-9(17)6-21-13-15-11(18)10-7(5-20-12(10)16-13)8-3-2-4-19-8/h2-5H,6H2,1H3,(H,14,17)(H,15,16,18). The van der Waals surface area contributed by atoms with Crippen LogP contribution in [0.3, 0.4) is 0 Å². The number of H-pyrrole nitrogens is 1. The summed E-state index contributed by atoms with van der Waals surface area (Å²) >= 11 is 4.26. The van der Waals surface area contributed by atoms with E-state index in [9.17, 15) is 9.59 Å². The lowest BCUT2D eigenvalue weighted by Crippen LogP contribution is -2.20. The van der Waals surface area contributed by atoms with Crippen LogP contribution in [0.4, 0.5) is 0 Å². The van der Waals surface area contributed by atoms with E-state index in [0.29, 0.717) is 15.4 Å². The third-order valence-electron chi connectivity index (χ3n) is 2.83. The van der Waals surface area contributed by atoms with Crippen LogP contribution in [0.15, 0.2) is 32.8 Å². The van der Waals surface area contributed by atoms with E-state index in [1.54, 1.807) is 18.4 Å². The number of nitrogens with one attached hydrogen (secondary N) is 2. The molecule has 3 aromatic rings. The van der Waals surface area contributed by atoms with Gasteiger partial charge in [0.05, 0.1) is 11.1 Å². The van der Waals surface area contributed by atoms with Crippen molar-refractivity contribution in [3.05, 3.63) is 33.2 Å². The molecule has 108 valence electrons. The van der Waals surface area contributed by atoms with Gasteiger partial charge in [0.25, 0.3) is 5.56 Å². The van der Waals surface area contributed by atoms with E-state index in [1.807, 2.05) is 22.9 Å². The van der Waals surface area contributed by atoms with Gasteiger partial charge in [0.2, 0.25) is 5.91 Å². The zero-order chi connectivity index (χ0) is 14.8. The molecule has 21 heavy (non-hydrogen) atoms. The first kappa shape index (κ1) is 14.3. The summed E-state index contributed by atoms with van der Waals surface area (Å²) < 4.78 is 0. The average Bonchev–Trinajstić information content (AvgIpc) is 3.13. The Morgan fingerprint density at radius 3 is 3.05 bits per heavy atom. The zero-order valence-electron chi connectivity index (χ0n) is 11.0. The molecule has 3 rings (SSSR count). The molecule has 3 heterocycles. The summed E-state index contributed by atoms with van der Waals surface area (Å²) in [6.45, 7) is 0. The van der Waals surface area contributed by atoms with E-state index >= 15 is 0 Å². The van der Waals surface area contributed by atoms with Crippen molar-refractivity contribution >= 4 is 50.6 Å². The lowest BCUT2D eigenvalue weighted by molar-refractivity contribution is -0.118. The summed E-state index contributed by atoms with van der Waals surface area (Å²) in [6, 6.07) is 3.94. The molecule has 5 nitrogen and oxygen atoms in total. The fourth-order valence-corrected chi connectivity index (χ4v) is 4.37. The number of fused-ring (bicyclic) bond motifs is 1. The second-order valence-corrected chi connectivity index (χ2v) is 6.91. The van der Waals surface area contributed by atoms with E-state index in [2.05, 4.69) is 15.3 Å². The Morgan fingerprint density at radius 1 is 1.48 bits per heavy atom. The van der Waals surface area contributed by atoms with Gasteiger partial charge in [0, 0.05) is 22.9 Å². The summed E-state index contributed by atoms with van der Waals surface area (Å²) in [7, 11) is 1.58. The predicted molar refractivity (Wildman–Crippen MR) is 88.3 cm³/mol. The molecule has 0 bridgehead atoms. The van der Waals surface area contributed by atoms with Crippen LogP contribution in [0.1, 0.15) is 0 Å². The van der Waals surface area contributed by atoms with Crippen LogP contribution in [-0.2, 0) is 4.79 Å². The number of carbonyl (C=O) groups excluding carboxylic acids is 1. The van der Waals surface area contributed by atoms with Gasteiger partial charge in [-0.15, -0.1) is 22.7 Å². The number of rotatable bonds is 4. The monoisotopic (exact) mass is 337 g/mol. The number of carbonyl (C=O) groups is 1. The summed E-state index contributed by atoms with van der Waals surface area (Å²) in [5.41, 5.74) is 0.755. The normalized spacial score (nSPS) is 10.9. The van der Waals surface area contributed by atoms with Crippen molar-refractivity contribution < 1.29 is 4.79 Å². The van der Waals surface area contributed by atoms with Crippen LogP contribution in [0.2, 0.25) is 0 Å². The molecule has 0 aliphatic heterocycles. The van der Waals surface area contributed by atoms with Crippen molar-refractivity contribution in [2.45, 2.75) is 5.16 Å². The fraction of sp³-hybridized carbons (Fsp3) is 0.154. The van der Waals surface area contributed by atoms with Crippen molar-refractivity contribution in [2.24, 2.45) is 0 Å². The summed E-state index contributed by atoms with van der Waals surface area (Å²) in [4.78, 5) is 32.5. The number of thiophene rings is 2. The molecule has 3 aromatic heterocycles. The Morgan fingerprint density at radius 2 is 2.33 bits per heavy atom. The first-order valence-corrected chi connectivity index (χ1v) is 8.82. The van der Waals surface area contributed by atoms with Gasteiger partial charge >= 0.3 is 0 Å². The van der Waals surface area contributed by atoms with E-state index in [1.165, 1.54) is 23.1 Å². The van der Waals surface area contributed by atoms with Crippen molar-refractivity contribution in [1.82, 2.24) is 15.3 Å². The molecule has 0 aromatic carbocycles. The van der Waals surface area contributed by atoms with Gasteiger partial charge in [-0.2, -0.15) is 0 Å². The minimum Gasteiger partial charge on any atom is -0.358 e. The van der Waals surface area contributed by atoms with Crippen molar-refractivity contribution in [1.29, 1.82) is 0 Å². The van der Waals surface area contributed by atoms with Crippen molar-refractivity contribution in [3.63, 3.8) is 0 Å². The van der Waals surface area contributed by atoms with Gasteiger partial charge in [-0.05, 0) is 11.4 Å². The smallest absolute Gasteiger partial charge is 0.260 e. The number of nitrogens with zero attached hydrogens (tertiary/aromatic N) is 1. The summed E-state index contributed by atoms with van der Waals surface area (Å²) in [6.07, 6.45) is 0. The molecule has 0 aliphatic rings. The Balaban J connectivity index is 1.99. The molecule has 0 saturated heterocycles. The Bertz CT molecular complexity index is 836. The van der Waals surface area contributed by atoms with Gasteiger partial charge in [-0.1, -0.05) is 17.8 Å². The van der Waals surface area contributed by atoms with Crippen LogP contribution >= 0.6 is 34.4 Å². The van der Waals surface area contributed by atoms with Gasteiger partial charge in [0.1, 0.15) is 4.83 Å². The highest BCUT2D eigenvalue weighted by molar-refractivity contribution is 7.99. The second kappa shape index (κ2) is 6.00. The Hall–Kier alpha value is -1.64. The third kappa shape index (κ3) is 2.87. The molecule has 0 atom stereocenters. The van der Waals surface area contributed by atoms with Gasteiger partial charge < -0.3 is 10.3 Å². The molecule has 0 aliphatic carbocycles. The van der Waals surface area contributed by atoms with Crippen molar-refractivity contribution in [2.75, 3.05) is 12.8 Å². The van der Waals surface area contributed by atoms with Crippen LogP contribution in [0.25, 0.3) is 20.7 Å². The van der Waals surface area contributed by atoms with E-state index in [0.717, 1.165) is 10.4 Å². The number of hydrogen-bond acceptors (Lipinski definition) is 6. The van der Waals surface area contributed by atoms with E-state index in [4.69, 9.17) is 0 Å². The lowest BCUT2D eigenvalue weighted by atomic mass is 10.2. The minimum absolute atomic E-state index is 0.104. The highest BCUT2D eigenvalue weighted by Crippen LogP contribution is 2.33. The van der Waals surface area contributed by atoms with Gasteiger partial charge in [-0.25, -0.2) is 4.98 Å². The maximum absolute atomic E-state index is 12.3. The number of aromatic nitrogens is 2.